The van der Waals surface area contributed by atoms with E-state index >= 15 is 0 Å². The van der Waals surface area contributed by atoms with E-state index in [1.54, 1.807) is 25.1 Å². The Hall–Kier alpha value is -2.68. The van der Waals surface area contributed by atoms with Gasteiger partial charge in [0, 0.05) is 11.4 Å². The molecule has 6 heteroatoms. The van der Waals surface area contributed by atoms with E-state index in [9.17, 15) is 14.0 Å². The molecule has 4 nitrogen and oxygen atoms in total. The topological polar surface area (TPSA) is 57.9 Å². The van der Waals surface area contributed by atoms with Gasteiger partial charge in [-0.05, 0) is 44.2 Å². The number of nitrogens with one attached hydrogen (secondary N) is 1. The summed E-state index contributed by atoms with van der Waals surface area (Å²) in [5.41, 5.74) is 3.17. The average Bonchev–Trinajstić information content (AvgIpc) is 2.40. The van der Waals surface area contributed by atoms with Crippen molar-refractivity contribution in [3.8, 4) is 11.8 Å². The van der Waals surface area contributed by atoms with Gasteiger partial charge in [0.05, 0.1) is 16.9 Å². The minimum atomic E-state index is -2.85. The van der Waals surface area contributed by atoms with Crippen molar-refractivity contribution in [2.24, 2.45) is 0 Å². The molecule has 0 atom stereocenters. The summed E-state index contributed by atoms with van der Waals surface area (Å²) in [5.74, 6) is 0.0816. The number of halogens is 2. The van der Waals surface area contributed by atoms with E-state index < -0.39 is 6.61 Å². The highest BCUT2D eigenvalue weighted by Crippen LogP contribution is 2.25. The molecule has 1 aromatic heterocycles. The Kier molecular flexibility index (Phi) is 4.33. The van der Waals surface area contributed by atoms with E-state index in [2.05, 4.69) is 21.1 Å². The van der Waals surface area contributed by atoms with Gasteiger partial charge < -0.3 is 10.1 Å². The van der Waals surface area contributed by atoms with Crippen LogP contribution < -0.4 is 10.1 Å². The van der Waals surface area contributed by atoms with Crippen molar-refractivity contribution in [3.05, 3.63) is 47.3 Å². The van der Waals surface area contributed by atoms with Crippen LogP contribution in [0.1, 0.15) is 17.0 Å². The molecular formula is C15H13F2N3O. The second-order valence-corrected chi connectivity index (χ2v) is 4.41. The smallest absolute Gasteiger partial charge is 0.387 e. The average molecular weight is 289 g/mol. The molecule has 0 aliphatic carbocycles. The first-order valence-corrected chi connectivity index (χ1v) is 6.20. The van der Waals surface area contributed by atoms with E-state index in [0.29, 0.717) is 22.6 Å². The van der Waals surface area contributed by atoms with Gasteiger partial charge in [-0.2, -0.15) is 14.0 Å². The third-order valence-electron chi connectivity index (χ3n) is 2.80. The van der Waals surface area contributed by atoms with E-state index in [0.717, 1.165) is 5.69 Å². The summed E-state index contributed by atoms with van der Waals surface area (Å²) in [6, 6.07) is 9.93. The van der Waals surface area contributed by atoms with Crippen LogP contribution >= 0.6 is 0 Å². The molecule has 0 saturated heterocycles. The molecule has 0 aliphatic heterocycles. The molecule has 2 rings (SSSR count). The molecular weight excluding hydrogens is 276 g/mol. The first-order valence-electron chi connectivity index (χ1n) is 6.20. The number of ether oxygens (including phenoxy) is 1. The third kappa shape index (κ3) is 3.66. The van der Waals surface area contributed by atoms with Crippen LogP contribution in [0, 0.1) is 25.2 Å². The van der Waals surface area contributed by atoms with E-state index in [1.807, 2.05) is 6.92 Å². The van der Waals surface area contributed by atoms with Gasteiger partial charge in [-0.15, -0.1) is 0 Å². The van der Waals surface area contributed by atoms with E-state index in [1.165, 1.54) is 12.1 Å². The summed E-state index contributed by atoms with van der Waals surface area (Å²) in [6.45, 7) is 0.745. The Labute approximate surface area is 121 Å². The Morgan fingerprint density at radius 1 is 1.24 bits per heavy atom. The van der Waals surface area contributed by atoms with Gasteiger partial charge in [-0.3, -0.25) is 4.98 Å². The summed E-state index contributed by atoms with van der Waals surface area (Å²) < 4.78 is 28.4. The van der Waals surface area contributed by atoms with Crippen molar-refractivity contribution in [3.63, 3.8) is 0 Å². The van der Waals surface area contributed by atoms with Crippen LogP contribution in [0.3, 0.4) is 0 Å². The van der Waals surface area contributed by atoms with Crippen LogP contribution in [0.15, 0.2) is 30.3 Å². The van der Waals surface area contributed by atoms with Gasteiger partial charge >= 0.3 is 6.61 Å². The second-order valence-electron chi connectivity index (χ2n) is 4.41. The molecule has 2 aromatic rings. The van der Waals surface area contributed by atoms with Crippen LogP contribution in [0.4, 0.5) is 20.2 Å². The monoisotopic (exact) mass is 289 g/mol. The number of nitrogens with zero attached hydrogens (tertiary/aromatic N) is 2. The predicted molar refractivity (Wildman–Crippen MR) is 74.8 cm³/mol. The molecule has 0 saturated carbocycles. The van der Waals surface area contributed by atoms with Crippen molar-refractivity contribution < 1.29 is 13.5 Å². The zero-order valence-corrected chi connectivity index (χ0v) is 11.5. The Morgan fingerprint density at radius 3 is 2.48 bits per heavy atom. The van der Waals surface area contributed by atoms with Crippen LogP contribution in [-0.2, 0) is 0 Å². The van der Waals surface area contributed by atoms with Crippen molar-refractivity contribution in [1.29, 1.82) is 5.26 Å². The molecule has 108 valence electrons. The number of pyridine rings is 1. The van der Waals surface area contributed by atoms with Gasteiger partial charge in [0.25, 0.3) is 0 Å². The lowest BCUT2D eigenvalue weighted by atomic mass is 10.1. The molecule has 1 heterocycles. The fourth-order valence-electron chi connectivity index (χ4n) is 1.94. The Morgan fingerprint density at radius 2 is 1.90 bits per heavy atom. The predicted octanol–water partition coefficient (Wildman–Crippen LogP) is 3.92. The summed E-state index contributed by atoms with van der Waals surface area (Å²) in [5, 5.41) is 12.3. The highest BCUT2D eigenvalue weighted by molar-refractivity contribution is 5.68. The van der Waals surface area contributed by atoms with Gasteiger partial charge in [0.15, 0.2) is 0 Å². The number of hydrogen-bond acceptors (Lipinski definition) is 4. The Balaban J connectivity index is 2.24. The van der Waals surface area contributed by atoms with E-state index in [4.69, 9.17) is 0 Å². The summed E-state index contributed by atoms with van der Waals surface area (Å²) in [7, 11) is 0. The number of aromatic nitrogens is 1. The van der Waals surface area contributed by atoms with Gasteiger partial charge in [-0.1, -0.05) is 0 Å². The minimum Gasteiger partial charge on any atom is -0.435 e. The zero-order chi connectivity index (χ0) is 15.4. The maximum absolute atomic E-state index is 12.1. The molecule has 1 N–H and O–H groups in total. The molecule has 21 heavy (non-hydrogen) atoms. The fourth-order valence-corrected chi connectivity index (χ4v) is 1.94. The number of alkyl halides is 2. The zero-order valence-electron chi connectivity index (χ0n) is 11.5. The molecule has 1 aromatic carbocycles. The first-order chi connectivity index (χ1) is 9.99. The van der Waals surface area contributed by atoms with Crippen molar-refractivity contribution >= 4 is 11.4 Å². The normalized spacial score (nSPS) is 10.3. The molecule has 0 amide bonds. The number of anilines is 2. The molecule has 0 bridgehead atoms. The van der Waals surface area contributed by atoms with Gasteiger partial charge in [0.2, 0.25) is 0 Å². The lowest BCUT2D eigenvalue weighted by molar-refractivity contribution is -0.0498. The quantitative estimate of drug-likeness (QED) is 0.927. The first kappa shape index (κ1) is 14.7. The summed E-state index contributed by atoms with van der Waals surface area (Å²) in [4.78, 5) is 4.23. The molecule has 0 aliphatic rings. The highest BCUT2D eigenvalue weighted by Gasteiger charge is 2.09. The maximum Gasteiger partial charge on any atom is 0.387 e. The summed E-state index contributed by atoms with van der Waals surface area (Å²) in [6.07, 6.45) is 0. The van der Waals surface area contributed by atoms with Crippen LogP contribution in [-0.4, -0.2) is 11.6 Å². The minimum absolute atomic E-state index is 0.0816. The number of benzene rings is 1. The third-order valence-corrected chi connectivity index (χ3v) is 2.80. The van der Waals surface area contributed by atoms with Crippen LogP contribution in [0.5, 0.6) is 5.75 Å². The molecule has 0 fully saturated rings. The van der Waals surface area contributed by atoms with Crippen molar-refractivity contribution in [2.45, 2.75) is 20.5 Å². The second kappa shape index (κ2) is 6.18. The van der Waals surface area contributed by atoms with Crippen molar-refractivity contribution in [2.75, 3.05) is 5.32 Å². The number of rotatable bonds is 4. The number of aryl methyl sites for hydroxylation is 2. The van der Waals surface area contributed by atoms with Crippen LogP contribution in [0.25, 0.3) is 0 Å². The lowest BCUT2D eigenvalue weighted by Gasteiger charge is -2.11. The van der Waals surface area contributed by atoms with Gasteiger partial charge in [-0.25, -0.2) is 0 Å². The Bertz CT molecular complexity index is 679. The lowest BCUT2D eigenvalue weighted by Crippen LogP contribution is -2.02. The van der Waals surface area contributed by atoms with Gasteiger partial charge in [0.1, 0.15) is 11.8 Å². The molecule has 0 spiro atoms. The SMILES string of the molecule is Cc1cc(Nc2ccc(OC(F)F)cc2)c(C#N)c(C)n1. The molecule has 0 unspecified atom stereocenters. The fraction of sp³-hybridized carbons (Fsp3) is 0.200. The standard InChI is InChI=1S/C15H13F2N3O/c1-9-7-14(13(8-18)10(2)19-9)20-11-3-5-12(6-4-11)21-15(16)17/h3-7,15H,1-2H3,(H,19,20). The maximum atomic E-state index is 12.1. The number of nitriles is 1. The summed E-state index contributed by atoms with van der Waals surface area (Å²) >= 11 is 0. The largest absolute Gasteiger partial charge is 0.435 e. The van der Waals surface area contributed by atoms with Crippen molar-refractivity contribution in [1.82, 2.24) is 4.98 Å². The molecule has 0 radical (unpaired) electrons. The number of hydrogen-bond donors (Lipinski definition) is 1. The van der Waals surface area contributed by atoms with Crippen LogP contribution in [0.2, 0.25) is 0 Å². The highest BCUT2D eigenvalue weighted by atomic mass is 19.3. The van der Waals surface area contributed by atoms with E-state index in [-0.39, 0.29) is 5.75 Å².